The smallest absolute Gasteiger partial charge is 0.339 e. The van der Waals surface area contributed by atoms with Gasteiger partial charge in [-0.15, -0.1) is 22.7 Å². The van der Waals surface area contributed by atoms with Gasteiger partial charge in [-0.1, -0.05) is 0 Å². The third kappa shape index (κ3) is 4.36. The summed E-state index contributed by atoms with van der Waals surface area (Å²) in [6, 6.07) is 4.55. The number of rotatable bonds is 5. The number of thiophene rings is 2. The van der Waals surface area contributed by atoms with Crippen molar-refractivity contribution < 1.29 is 39.9 Å². The molecule has 4 rings (SSSR count). The topological polar surface area (TPSA) is 61.9 Å². The van der Waals surface area contributed by atoms with Gasteiger partial charge in [0.25, 0.3) is 5.91 Å². The number of carbonyl (C=O) groups excluding carboxylic acids is 1. The lowest BCUT2D eigenvalue weighted by Crippen LogP contribution is -2.36. The highest BCUT2D eigenvalue weighted by Gasteiger charge is 2.64. The van der Waals surface area contributed by atoms with Crippen molar-refractivity contribution in [3.8, 4) is 27.1 Å². The molecular formula is C21H14F8N4OS2. The Labute approximate surface area is 206 Å². The first-order valence-corrected chi connectivity index (χ1v) is 11.8. The van der Waals surface area contributed by atoms with Crippen molar-refractivity contribution in [3.63, 3.8) is 0 Å². The summed E-state index contributed by atoms with van der Waals surface area (Å²) in [5.74, 6) is -6.23. The Morgan fingerprint density at radius 2 is 1.78 bits per heavy atom. The summed E-state index contributed by atoms with van der Waals surface area (Å²) in [6.45, 7) is 0. The molecule has 0 saturated heterocycles. The Hall–Kier alpha value is -2.99. The monoisotopic (exact) mass is 554 g/mol. The Morgan fingerprint density at radius 1 is 1.14 bits per heavy atom. The van der Waals surface area contributed by atoms with Crippen molar-refractivity contribution in [3.05, 3.63) is 39.2 Å². The Morgan fingerprint density at radius 3 is 2.31 bits per heavy atom. The molecule has 0 aromatic carbocycles. The van der Waals surface area contributed by atoms with E-state index in [1.165, 1.54) is 16.3 Å². The van der Waals surface area contributed by atoms with E-state index in [1.807, 2.05) is 6.07 Å². The minimum atomic E-state index is -6.29. The number of halogens is 8. The molecule has 36 heavy (non-hydrogen) atoms. The minimum Gasteiger partial charge on any atom is -0.339 e. The van der Waals surface area contributed by atoms with E-state index in [4.69, 9.17) is 0 Å². The van der Waals surface area contributed by atoms with Crippen LogP contribution in [0.25, 0.3) is 21.0 Å². The molecule has 1 aliphatic carbocycles. The highest BCUT2D eigenvalue weighted by molar-refractivity contribution is 7.17. The predicted octanol–water partition coefficient (Wildman–Crippen LogP) is 6.66. The summed E-state index contributed by atoms with van der Waals surface area (Å²) in [5, 5.41) is 13.7. The molecule has 1 aliphatic rings. The van der Waals surface area contributed by atoms with Gasteiger partial charge in [0.1, 0.15) is 16.5 Å². The van der Waals surface area contributed by atoms with Crippen LogP contribution in [0.5, 0.6) is 0 Å². The fourth-order valence-corrected chi connectivity index (χ4v) is 5.61. The first-order chi connectivity index (χ1) is 16.6. The lowest BCUT2D eigenvalue weighted by molar-refractivity contribution is -0.292. The number of hydrogen-bond donors (Lipinski definition) is 0. The highest BCUT2D eigenvalue weighted by Crippen LogP contribution is 2.51. The Kier molecular flexibility index (Phi) is 6.19. The number of nitriles is 1. The van der Waals surface area contributed by atoms with Crippen molar-refractivity contribution in [2.75, 3.05) is 7.05 Å². The van der Waals surface area contributed by atoms with Crippen molar-refractivity contribution in [1.82, 2.24) is 14.7 Å². The van der Waals surface area contributed by atoms with E-state index in [0.717, 1.165) is 37.3 Å². The van der Waals surface area contributed by atoms with Gasteiger partial charge in [0.15, 0.2) is 5.69 Å². The van der Waals surface area contributed by atoms with Crippen LogP contribution in [0.2, 0.25) is 0 Å². The Balaban J connectivity index is 1.79. The SMILES string of the molecule is CN(C(=O)c1cc(-c2csc(-c3c(C(F)(F)F)c(C(F)(F)C(F)(F)F)nn3C)c2)sc1C#N)C1CC1. The van der Waals surface area contributed by atoms with Gasteiger partial charge in [0, 0.05) is 36.0 Å². The fourth-order valence-electron chi connectivity index (χ4n) is 3.61. The molecule has 5 nitrogen and oxygen atoms in total. The maximum absolute atomic E-state index is 14.0. The lowest BCUT2D eigenvalue weighted by atomic mass is 10.1. The first kappa shape index (κ1) is 26.1. The van der Waals surface area contributed by atoms with E-state index in [0.29, 0.717) is 20.9 Å². The molecule has 0 unspecified atom stereocenters. The number of alkyl halides is 8. The van der Waals surface area contributed by atoms with Gasteiger partial charge >= 0.3 is 18.3 Å². The molecule has 1 saturated carbocycles. The van der Waals surface area contributed by atoms with Crippen LogP contribution in [0, 0.1) is 11.3 Å². The molecule has 0 bridgehead atoms. The maximum atomic E-state index is 14.0. The largest absolute Gasteiger partial charge is 0.459 e. The van der Waals surface area contributed by atoms with Crippen LogP contribution >= 0.6 is 22.7 Å². The summed E-state index contributed by atoms with van der Waals surface area (Å²) in [4.78, 5) is 14.4. The number of aromatic nitrogens is 2. The zero-order chi connectivity index (χ0) is 26.8. The van der Waals surface area contributed by atoms with E-state index in [9.17, 15) is 45.2 Å². The second-order valence-corrected chi connectivity index (χ2v) is 10.0. The van der Waals surface area contributed by atoms with Crippen LogP contribution in [-0.2, 0) is 19.1 Å². The van der Waals surface area contributed by atoms with Crippen LogP contribution < -0.4 is 0 Å². The maximum Gasteiger partial charge on any atom is 0.459 e. The van der Waals surface area contributed by atoms with Gasteiger partial charge in [-0.25, -0.2) is 0 Å². The van der Waals surface area contributed by atoms with E-state index >= 15 is 0 Å². The average molecular weight is 554 g/mol. The van der Waals surface area contributed by atoms with Crippen LogP contribution in [-0.4, -0.2) is 39.9 Å². The van der Waals surface area contributed by atoms with Crippen molar-refractivity contribution in [1.29, 1.82) is 5.26 Å². The third-order valence-electron chi connectivity index (χ3n) is 5.58. The van der Waals surface area contributed by atoms with Gasteiger partial charge in [0.2, 0.25) is 0 Å². The summed E-state index contributed by atoms with van der Waals surface area (Å²) in [7, 11) is 2.43. The van der Waals surface area contributed by atoms with E-state index in [-0.39, 0.29) is 26.9 Å². The molecule has 3 heterocycles. The number of nitrogens with zero attached hydrogens (tertiary/aromatic N) is 4. The van der Waals surface area contributed by atoms with E-state index in [1.54, 1.807) is 7.05 Å². The quantitative estimate of drug-likeness (QED) is 0.332. The number of carbonyl (C=O) groups is 1. The zero-order valence-corrected chi connectivity index (χ0v) is 19.9. The van der Waals surface area contributed by atoms with Crippen molar-refractivity contribution in [2.24, 2.45) is 7.05 Å². The summed E-state index contributed by atoms with van der Waals surface area (Å²) < 4.78 is 108. The summed E-state index contributed by atoms with van der Waals surface area (Å²) in [6.07, 6.45) is -10.2. The van der Waals surface area contributed by atoms with Crippen LogP contribution in [0.1, 0.15) is 39.3 Å². The molecule has 15 heteroatoms. The highest BCUT2D eigenvalue weighted by atomic mass is 32.1. The predicted molar refractivity (Wildman–Crippen MR) is 115 cm³/mol. The molecule has 0 radical (unpaired) electrons. The van der Waals surface area contributed by atoms with Gasteiger partial charge in [-0.05, 0) is 25.0 Å². The van der Waals surface area contributed by atoms with Gasteiger partial charge < -0.3 is 4.90 Å². The van der Waals surface area contributed by atoms with Crippen LogP contribution in [0.4, 0.5) is 35.1 Å². The molecule has 0 spiro atoms. The average Bonchev–Trinajstić information content (AvgIpc) is 3.18. The van der Waals surface area contributed by atoms with E-state index < -0.39 is 41.1 Å². The fraction of sp³-hybridized carbons (Fsp3) is 0.381. The van der Waals surface area contributed by atoms with Gasteiger partial charge in [-0.3, -0.25) is 9.48 Å². The molecule has 3 aromatic rings. The van der Waals surface area contributed by atoms with Gasteiger partial charge in [-0.2, -0.15) is 45.5 Å². The van der Waals surface area contributed by atoms with E-state index in [2.05, 4.69) is 5.10 Å². The second-order valence-electron chi connectivity index (χ2n) is 8.08. The zero-order valence-electron chi connectivity index (χ0n) is 18.3. The Bertz CT molecular complexity index is 1370. The third-order valence-corrected chi connectivity index (χ3v) is 7.61. The molecule has 1 fully saturated rings. The number of hydrogen-bond acceptors (Lipinski definition) is 5. The minimum absolute atomic E-state index is 0.0646. The standard InChI is InChI=1S/C21H14F8N4OS2/c1-32(10-3-4-10)18(34)11-6-12(36-14(11)7-30)9-5-13(35-8-9)16-15(20(24,25)26)17(31-33(16)2)19(22,23)21(27,28)29/h5-6,8,10H,3-4H2,1-2H3. The van der Waals surface area contributed by atoms with Crippen LogP contribution in [0.3, 0.4) is 0 Å². The summed E-state index contributed by atoms with van der Waals surface area (Å²) >= 11 is 1.58. The van der Waals surface area contributed by atoms with Gasteiger partial charge in [0.05, 0.1) is 16.1 Å². The van der Waals surface area contributed by atoms with Crippen molar-refractivity contribution >= 4 is 28.6 Å². The number of amides is 1. The molecular weight excluding hydrogens is 540 g/mol. The second kappa shape index (κ2) is 8.55. The molecule has 192 valence electrons. The van der Waals surface area contributed by atoms with Crippen LogP contribution in [0.15, 0.2) is 17.5 Å². The molecule has 0 aliphatic heterocycles. The lowest BCUT2D eigenvalue weighted by Gasteiger charge is -2.19. The molecule has 0 atom stereocenters. The van der Waals surface area contributed by atoms with Crippen molar-refractivity contribution in [2.45, 2.75) is 37.2 Å². The first-order valence-electron chi connectivity index (χ1n) is 10.1. The number of aryl methyl sites for hydroxylation is 1. The summed E-state index contributed by atoms with van der Waals surface area (Å²) in [5.41, 5.74) is -5.20. The normalized spacial score (nSPS) is 14.7. The molecule has 1 amide bonds. The molecule has 3 aromatic heterocycles. The molecule has 0 N–H and O–H groups in total.